The van der Waals surface area contributed by atoms with Gasteiger partial charge in [-0.15, -0.1) is 0 Å². The molecule has 1 saturated heterocycles. The van der Waals surface area contributed by atoms with Crippen molar-refractivity contribution in [3.63, 3.8) is 0 Å². The fourth-order valence-corrected chi connectivity index (χ4v) is 2.93. The zero-order chi connectivity index (χ0) is 15.2. The van der Waals surface area contributed by atoms with E-state index in [0.717, 1.165) is 38.8 Å². The lowest BCUT2D eigenvalue weighted by molar-refractivity contribution is -0.143. The van der Waals surface area contributed by atoms with Crippen molar-refractivity contribution in [3.05, 3.63) is 29.6 Å². The molecule has 0 saturated carbocycles. The first kappa shape index (κ1) is 15.8. The maximum absolute atomic E-state index is 13.6. The number of carboxylic acid groups (broad SMARTS) is 1. The molecule has 5 heteroatoms. The molecule has 1 aromatic rings. The quantitative estimate of drug-likeness (QED) is 0.926. The third-order valence-corrected chi connectivity index (χ3v) is 3.98. The molecule has 0 spiro atoms. The summed E-state index contributed by atoms with van der Waals surface area (Å²) in [4.78, 5) is 13.7. The normalized spacial score (nSPS) is 18.6. The molecule has 21 heavy (non-hydrogen) atoms. The first-order valence-electron chi connectivity index (χ1n) is 7.44. The van der Waals surface area contributed by atoms with Gasteiger partial charge in [-0.05, 0) is 44.1 Å². The first-order valence-corrected chi connectivity index (χ1v) is 7.44. The highest BCUT2D eigenvalue weighted by molar-refractivity contribution is 5.76. The highest BCUT2D eigenvalue weighted by atomic mass is 19.1. The van der Waals surface area contributed by atoms with E-state index in [1.165, 1.54) is 31.7 Å². The molecule has 2 rings (SSSR count). The van der Waals surface area contributed by atoms with Crippen LogP contribution in [0.1, 0.15) is 43.7 Å². The average Bonchev–Trinajstić information content (AvgIpc) is 2.41. The minimum atomic E-state index is -0.959. The van der Waals surface area contributed by atoms with Crippen molar-refractivity contribution >= 4 is 5.97 Å². The molecular weight excluding hydrogens is 273 g/mol. The summed E-state index contributed by atoms with van der Waals surface area (Å²) in [6, 6.07) is 3.20. The van der Waals surface area contributed by atoms with E-state index in [0.29, 0.717) is 11.3 Å². The molecule has 0 radical (unpaired) electrons. The molecule has 1 atom stereocenters. The van der Waals surface area contributed by atoms with Gasteiger partial charge in [0.1, 0.15) is 17.6 Å². The average molecular weight is 295 g/mol. The topological polar surface area (TPSA) is 49.8 Å². The number of carbonyl (C=O) groups is 1. The summed E-state index contributed by atoms with van der Waals surface area (Å²) in [5, 5.41) is 9.63. The van der Waals surface area contributed by atoms with Crippen LogP contribution in [0, 0.1) is 5.82 Å². The molecular formula is C16H22FNO3. The summed E-state index contributed by atoms with van der Waals surface area (Å²) in [6.45, 7) is 1.44. The van der Waals surface area contributed by atoms with Crippen LogP contribution in [0.4, 0.5) is 4.39 Å². The number of hydrogen-bond acceptors (Lipinski definition) is 3. The van der Waals surface area contributed by atoms with Crippen LogP contribution in [0.3, 0.4) is 0 Å². The van der Waals surface area contributed by atoms with E-state index >= 15 is 0 Å². The lowest BCUT2D eigenvalue weighted by Gasteiger charge is -2.31. The summed E-state index contributed by atoms with van der Waals surface area (Å²) < 4.78 is 18.8. The van der Waals surface area contributed by atoms with Crippen LogP contribution in [-0.2, 0) is 4.79 Å². The maximum Gasteiger partial charge on any atom is 0.325 e. The van der Waals surface area contributed by atoms with E-state index in [1.807, 2.05) is 4.90 Å². The number of aliphatic carboxylic acids is 1. The van der Waals surface area contributed by atoms with E-state index in [4.69, 9.17) is 4.74 Å². The van der Waals surface area contributed by atoms with Crippen LogP contribution in [0.5, 0.6) is 5.75 Å². The van der Waals surface area contributed by atoms with Crippen LogP contribution in [0.25, 0.3) is 0 Å². The number of ether oxygens (including phenoxy) is 1. The molecule has 1 aromatic carbocycles. The Morgan fingerprint density at radius 1 is 1.24 bits per heavy atom. The van der Waals surface area contributed by atoms with E-state index in [9.17, 15) is 14.3 Å². The molecule has 0 aliphatic carbocycles. The minimum absolute atomic E-state index is 0.394. The second-order valence-electron chi connectivity index (χ2n) is 5.43. The lowest BCUT2D eigenvalue weighted by Crippen LogP contribution is -2.36. The van der Waals surface area contributed by atoms with Gasteiger partial charge in [0.15, 0.2) is 0 Å². The highest BCUT2D eigenvalue weighted by Gasteiger charge is 2.30. The van der Waals surface area contributed by atoms with Crippen LogP contribution in [-0.4, -0.2) is 36.2 Å². The molecule has 0 bridgehead atoms. The van der Waals surface area contributed by atoms with Gasteiger partial charge >= 0.3 is 5.97 Å². The molecule has 0 amide bonds. The Labute approximate surface area is 124 Å². The molecule has 0 unspecified atom stereocenters. The molecule has 1 N–H and O–H groups in total. The smallest absolute Gasteiger partial charge is 0.325 e. The number of nitrogens with zero attached hydrogens (tertiary/aromatic N) is 1. The van der Waals surface area contributed by atoms with Crippen molar-refractivity contribution in [2.45, 2.75) is 38.1 Å². The van der Waals surface area contributed by atoms with E-state index < -0.39 is 17.8 Å². The number of methoxy groups -OCH3 is 1. The Bertz CT molecular complexity index is 484. The van der Waals surface area contributed by atoms with Gasteiger partial charge < -0.3 is 9.84 Å². The molecule has 1 fully saturated rings. The van der Waals surface area contributed by atoms with Crippen molar-refractivity contribution in [2.24, 2.45) is 0 Å². The predicted molar refractivity (Wildman–Crippen MR) is 78.0 cm³/mol. The predicted octanol–water partition coefficient (Wildman–Crippen LogP) is 3.23. The van der Waals surface area contributed by atoms with Gasteiger partial charge in [-0.2, -0.15) is 0 Å². The maximum atomic E-state index is 13.6. The van der Waals surface area contributed by atoms with Crippen molar-refractivity contribution in [2.75, 3.05) is 20.2 Å². The lowest BCUT2D eigenvalue weighted by atomic mass is 10.0. The summed E-state index contributed by atoms with van der Waals surface area (Å²) in [5.74, 6) is -0.977. The van der Waals surface area contributed by atoms with Gasteiger partial charge in [-0.3, -0.25) is 9.69 Å². The van der Waals surface area contributed by atoms with E-state index in [1.54, 1.807) is 0 Å². The van der Waals surface area contributed by atoms with Crippen LogP contribution in [0.15, 0.2) is 18.2 Å². The monoisotopic (exact) mass is 295 g/mol. The largest absolute Gasteiger partial charge is 0.496 e. The van der Waals surface area contributed by atoms with Gasteiger partial charge in [-0.25, -0.2) is 4.39 Å². The summed E-state index contributed by atoms with van der Waals surface area (Å²) in [6.07, 6.45) is 5.38. The van der Waals surface area contributed by atoms with E-state index in [2.05, 4.69) is 0 Å². The molecule has 1 aliphatic rings. The first-order chi connectivity index (χ1) is 10.1. The number of hydrogen-bond donors (Lipinski definition) is 1. The van der Waals surface area contributed by atoms with Crippen molar-refractivity contribution in [3.8, 4) is 5.75 Å². The van der Waals surface area contributed by atoms with E-state index in [-0.39, 0.29) is 0 Å². The van der Waals surface area contributed by atoms with Crippen LogP contribution < -0.4 is 4.74 Å². The second kappa shape index (κ2) is 7.41. The number of likely N-dealkylation sites (tertiary alicyclic amines) is 1. The summed E-state index contributed by atoms with van der Waals surface area (Å²) in [5.41, 5.74) is 0.394. The molecule has 116 valence electrons. The van der Waals surface area contributed by atoms with Crippen LogP contribution in [0.2, 0.25) is 0 Å². The van der Waals surface area contributed by atoms with Gasteiger partial charge in [0.25, 0.3) is 0 Å². The van der Waals surface area contributed by atoms with Crippen molar-refractivity contribution in [1.82, 2.24) is 4.90 Å². The number of benzene rings is 1. The fraction of sp³-hybridized carbons (Fsp3) is 0.562. The Morgan fingerprint density at radius 2 is 1.86 bits per heavy atom. The van der Waals surface area contributed by atoms with Crippen LogP contribution >= 0.6 is 0 Å². The zero-order valence-corrected chi connectivity index (χ0v) is 12.3. The SMILES string of the molecule is COc1ccc(F)cc1[C@@H](C(=O)O)N1CCCCCCC1. The Morgan fingerprint density at radius 3 is 2.43 bits per heavy atom. The summed E-state index contributed by atoms with van der Waals surface area (Å²) >= 11 is 0. The standard InChI is InChI=1S/C16H22FNO3/c1-21-14-8-7-12(17)11-13(14)15(16(19)20)18-9-5-3-2-4-6-10-18/h7-8,11,15H,2-6,9-10H2,1H3,(H,19,20)/t15-/m0/s1. The Kier molecular flexibility index (Phi) is 5.56. The zero-order valence-electron chi connectivity index (χ0n) is 12.3. The van der Waals surface area contributed by atoms with Crippen molar-refractivity contribution in [1.29, 1.82) is 0 Å². The minimum Gasteiger partial charge on any atom is -0.496 e. The Hall–Kier alpha value is -1.62. The Balaban J connectivity index is 2.33. The number of carboxylic acids is 1. The number of rotatable bonds is 4. The fourth-order valence-electron chi connectivity index (χ4n) is 2.93. The third kappa shape index (κ3) is 3.94. The molecule has 0 aromatic heterocycles. The van der Waals surface area contributed by atoms with Gasteiger partial charge in [0.2, 0.25) is 0 Å². The molecule has 4 nitrogen and oxygen atoms in total. The van der Waals surface area contributed by atoms with Gasteiger partial charge in [0, 0.05) is 5.56 Å². The molecule has 1 aliphatic heterocycles. The molecule has 1 heterocycles. The van der Waals surface area contributed by atoms with Gasteiger partial charge in [-0.1, -0.05) is 19.3 Å². The van der Waals surface area contributed by atoms with Crippen molar-refractivity contribution < 1.29 is 19.0 Å². The highest BCUT2D eigenvalue weighted by Crippen LogP contribution is 2.31. The third-order valence-electron chi connectivity index (χ3n) is 3.98. The summed E-state index contributed by atoms with van der Waals surface area (Å²) in [7, 11) is 1.48. The second-order valence-corrected chi connectivity index (χ2v) is 5.43. The van der Waals surface area contributed by atoms with Gasteiger partial charge in [0.05, 0.1) is 7.11 Å². The number of halogens is 1.